The zero-order valence-electron chi connectivity index (χ0n) is 21.4. The fourth-order valence-electron chi connectivity index (χ4n) is 3.74. The summed E-state index contributed by atoms with van der Waals surface area (Å²) in [6.07, 6.45) is 0. The van der Waals surface area contributed by atoms with Crippen molar-refractivity contribution < 1.29 is 55.7 Å². The van der Waals surface area contributed by atoms with Crippen LogP contribution in [0.2, 0.25) is 0 Å². The molecule has 0 saturated heterocycles. The smallest absolute Gasteiger partial charge is 0.746 e. The van der Waals surface area contributed by atoms with Crippen molar-refractivity contribution in [2.75, 3.05) is 17.1 Å². The number of nitrogens with one attached hydrogen (secondary N) is 2. The van der Waals surface area contributed by atoms with Gasteiger partial charge in [0, 0.05) is 24.5 Å². The van der Waals surface area contributed by atoms with Crippen molar-refractivity contribution in [3.8, 4) is 11.6 Å². The predicted octanol–water partition coefficient (Wildman–Crippen LogP) is -1.26. The number of aromatic nitrogens is 4. The molecular weight excluding hydrogens is 559 g/mol. The first-order valence-corrected chi connectivity index (χ1v) is 13.9. The van der Waals surface area contributed by atoms with Crippen LogP contribution in [-0.4, -0.2) is 48.1 Å². The number of ether oxygens (including phenoxy) is 1. The quantitative estimate of drug-likeness (QED) is 0.179. The second-order valence-electron chi connectivity index (χ2n) is 8.08. The van der Waals surface area contributed by atoms with E-state index < -0.39 is 31.1 Å². The molecule has 0 saturated carbocycles. The first-order chi connectivity index (χ1) is 17.9. The van der Waals surface area contributed by atoms with E-state index in [1.807, 2.05) is 0 Å². The van der Waals surface area contributed by atoms with E-state index in [0.717, 1.165) is 0 Å². The van der Waals surface area contributed by atoms with Gasteiger partial charge in [-0.3, -0.25) is 14.2 Å². The number of hydrogen-bond acceptors (Lipinski definition) is 10. The molecule has 0 bridgehead atoms. The number of rotatable bonds is 9. The first kappa shape index (κ1) is 30.3. The summed E-state index contributed by atoms with van der Waals surface area (Å²) in [7, 11) is -6.17. The van der Waals surface area contributed by atoms with Gasteiger partial charge in [-0.05, 0) is 49.4 Å². The molecule has 0 fully saturated rings. The molecule has 13 nitrogen and oxygen atoms in total. The van der Waals surface area contributed by atoms with E-state index in [1.54, 1.807) is 37.4 Å². The van der Waals surface area contributed by atoms with Crippen LogP contribution in [0.1, 0.15) is 16.6 Å². The van der Waals surface area contributed by atoms with Gasteiger partial charge < -0.3 is 14.6 Å². The van der Waals surface area contributed by atoms with Gasteiger partial charge in [0.1, 0.15) is 10.1 Å². The van der Waals surface area contributed by atoms with Gasteiger partial charge in [0.25, 0.3) is 15.6 Å². The Kier molecular flexibility index (Phi) is 9.25. The molecule has 2 N–H and O–H groups in total. The molecule has 0 aliphatic carbocycles. The van der Waals surface area contributed by atoms with Crippen LogP contribution in [0.25, 0.3) is 5.69 Å². The van der Waals surface area contributed by atoms with Crippen LogP contribution in [0.3, 0.4) is 0 Å². The number of methoxy groups -OCH3 is 1. The molecular formula is C23H23N6NaO7S2. The topological polar surface area (TPSA) is 177 Å². The molecule has 200 valence electrons. The minimum atomic E-state index is -5.08. The SMILES string of the molecule is COc1ccc(NS(=O)(=O)c2ccc(NC(c3c(C)n(C)n(-c4ccccc4)c3=O)S(=O)(=O)[O-])cc2)nn1.[Na+]. The molecule has 39 heavy (non-hydrogen) atoms. The van der Waals surface area contributed by atoms with E-state index in [-0.39, 0.29) is 63.1 Å². The summed E-state index contributed by atoms with van der Waals surface area (Å²) < 4.78 is 72.1. The molecule has 2 aromatic carbocycles. The summed E-state index contributed by atoms with van der Waals surface area (Å²) in [5.41, 5.74) is -0.0776. The van der Waals surface area contributed by atoms with Crippen molar-refractivity contribution in [1.29, 1.82) is 0 Å². The van der Waals surface area contributed by atoms with Gasteiger partial charge in [-0.2, -0.15) is 0 Å². The molecule has 4 rings (SSSR count). The molecule has 2 heterocycles. The average Bonchev–Trinajstić information content (AvgIpc) is 3.10. The fraction of sp³-hybridized carbons (Fsp3) is 0.174. The normalized spacial score (nSPS) is 12.3. The van der Waals surface area contributed by atoms with E-state index in [9.17, 15) is 26.2 Å². The van der Waals surface area contributed by atoms with E-state index in [0.29, 0.717) is 5.69 Å². The summed E-state index contributed by atoms with van der Waals surface area (Å²) >= 11 is 0. The van der Waals surface area contributed by atoms with Gasteiger partial charge in [0.15, 0.2) is 11.2 Å². The molecule has 0 aliphatic rings. The third kappa shape index (κ3) is 6.51. The second kappa shape index (κ2) is 11.9. The van der Waals surface area contributed by atoms with Crippen LogP contribution in [-0.2, 0) is 27.2 Å². The second-order valence-corrected chi connectivity index (χ2v) is 11.2. The maximum Gasteiger partial charge on any atom is 1.00 e. The van der Waals surface area contributed by atoms with E-state index in [2.05, 4.69) is 20.2 Å². The van der Waals surface area contributed by atoms with Gasteiger partial charge >= 0.3 is 29.6 Å². The molecule has 2 aromatic heterocycles. The van der Waals surface area contributed by atoms with Crippen LogP contribution in [0, 0.1) is 6.92 Å². The Hall–Kier alpha value is -3.21. The summed E-state index contributed by atoms with van der Waals surface area (Å²) in [6.45, 7) is 1.53. The number of sulfonamides is 1. The molecule has 0 radical (unpaired) electrons. The minimum absolute atomic E-state index is 0. The Labute approximate surface area is 246 Å². The summed E-state index contributed by atoms with van der Waals surface area (Å²) in [5, 5.41) is 8.04. The summed E-state index contributed by atoms with van der Waals surface area (Å²) in [5.74, 6) is 0.162. The van der Waals surface area contributed by atoms with Crippen LogP contribution >= 0.6 is 0 Å². The molecule has 0 aliphatic heterocycles. The van der Waals surface area contributed by atoms with Crippen LogP contribution < -0.4 is 49.9 Å². The standard InChI is InChI=1S/C23H24N6O7S2.Na/c1-15-21(23(30)29(28(15)2)17-7-5-4-6-8-17)22(38(33,34)35)24-16-9-11-18(12-10-16)37(31,32)27-19-13-14-20(36-3)26-25-19;/h4-14,22,24H,1-3H3,(H,25,27)(H,33,34,35);/q;+1/p-1. The van der Waals surface area contributed by atoms with Crippen molar-refractivity contribution >= 4 is 31.6 Å². The van der Waals surface area contributed by atoms with Gasteiger partial charge in [0.05, 0.1) is 23.3 Å². The van der Waals surface area contributed by atoms with Gasteiger partial charge in [-0.25, -0.2) is 21.5 Å². The number of anilines is 2. The number of nitrogens with zero attached hydrogens (tertiary/aromatic N) is 4. The Morgan fingerprint density at radius 2 is 1.59 bits per heavy atom. The molecule has 4 aromatic rings. The van der Waals surface area contributed by atoms with Crippen LogP contribution in [0.15, 0.2) is 76.4 Å². The van der Waals surface area contributed by atoms with Crippen LogP contribution in [0.5, 0.6) is 5.88 Å². The summed E-state index contributed by atoms with van der Waals surface area (Å²) in [6, 6.07) is 16.3. The largest absolute Gasteiger partial charge is 1.00 e. The number of hydrogen-bond donors (Lipinski definition) is 2. The third-order valence-corrected chi connectivity index (χ3v) is 8.00. The van der Waals surface area contributed by atoms with Crippen molar-refractivity contribution in [1.82, 2.24) is 19.6 Å². The fourth-order valence-corrected chi connectivity index (χ4v) is 5.58. The number of para-hydroxylation sites is 1. The van der Waals surface area contributed by atoms with Crippen molar-refractivity contribution in [3.05, 3.63) is 88.3 Å². The zero-order valence-corrected chi connectivity index (χ0v) is 25.0. The van der Waals surface area contributed by atoms with Crippen molar-refractivity contribution in [2.45, 2.75) is 17.2 Å². The Morgan fingerprint density at radius 3 is 2.13 bits per heavy atom. The molecule has 1 unspecified atom stereocenters. The molecule has 0 spiro atoms. The Bertz CT molecular complexity index is 1720. The number of benzene rings is 2. The van der Waals surface area contributed by atoms with Crippen molar-refractivity contribution in [2.24, 2.45) is 7.05 Å². The Balaban J connectivity index is 0.00000420. The van der Waals surface area contributed by atoms with Gasteiger partial charge in [-0.15, -0.1) is 10.2 Å². The van der Waals surface area contributed by atoms with Crippen LogP contribution in [0.4, 0.5) is 11.5 Å². The van der Waals surface area contributed by atoms with E-state index in [1.165, 1.54) is 59.8 Å². The average molecular weight is 583 g/mol. The first-order valence-electron chi connectivity index (χ1n) is 11.0. The Morgan fingerprint density at radius 1 is 0.949 bits per heavy atom. The van der Waals surface area contributed by atoms with E-state index in [4.69, 9.17) is 4.74 Å². The third-order valence-electron chi connectivity index (χ3n) is 5.70. The molecule has 1 atom stereocenters. The van der Waals surface area contributed by atoms with Gasteiger partial charge in [-0.1, -0.05) is 18.2 Å². The zero-order chi connectivity index (χ0) is 27.7. The van der Waals surface area contributed by atoms with E-state index >= 15 is 0 Å². The maximum atomic E-state index is 13.3. The predicted molar refractivity (Wildman–Crippen MR) is 138 cm³/mol. The monoisotopic (exact) mass is 582 g/mol. The summed E-state index contributed by atoms with van der Waals surface area (Å²) in [4.78, 5) is 13.1. The van der Waals surface area contributed by atoms with Crippen molar-refractivity contribution in [3.63, 3.8) is 0 Å². The minimum Gasteiger partial charge on any atom is -0.746 e. The maximum absolute atomic E-state index is 13.3. The molecule has 0 amide bonds. The van der Waals surface area contributed by atoms with Gasteiger partial charge in [0.2, 0.25) is 5.88 Å². The molecule has 16 heteroatoms.